The molecule has 0 radical (unpaired) electrons. The molecule has 0 unspecified atom stereocenters. The lowest BCUT2D eigenvalue weighted by atomic mass is 10.2. The maximum atomic E-state index is 11.9. The molecular formula is C15H15NO3S. The van der Waals surface area contributed by atoms with E-state index in [-0.39, 0.29) is 16.6 Å². The number of benzene rings is 2. The van der Waals surface area contributed by atoms with Gasteiger partial charge in [-0.2, -0.15) is 0 Å². The van der Waals surface area contributed by atoms with E-state index < -0.39 is 9.84 Å². The highest BCUT2D eigenvalue weighted by Gasteiger charge is 2.11. The number of nitrogens with one attached hydrogen (secondary N) is 1. The van der Waals surface area contributed by atoms with Gasteiger partial charge in [-0.05, 0) is 36.4 Å². The predicted octanol–water partition coefficient (Wildman–Crippen LogP) is 2.73. The van der Waals surface area contributed by atoms with Gasteiger partial charge in [0.2, 0.25) is 0 Å². The molecule has 1 amide bonds. The third-order valence-corrected chi connectivity index (χ3v) is 4.64. The van der Waals surface area contributed by atoms with Crippen LogP contribution < -0.4 is 5.32 Å². The van der Waals surface area contributed by atoms with Crippen molar-refractivity contribution in [3.05, 3.63) is 60.2 Å². The Morgan fingerprint density at radius 3 is 2.15 bits per heavy atom. The second kappa shape index (κ2) is 5.88. The van der Waals surface area contributed by atoms with E-state index in [2.05, 4.69) is 5.32 Å². The van der Waals surface area contributed by atoms with Crippen molar-refractivity contribution in [1.29, 1.82) is 0 Å². The number of rotatable bonds is 4. The van der Waals surface area contributed by atoms with Crippen LogP contribution in [0, 0.1) is 0 Å². The molecule has 0 saturated heterocycles. The summed E-state index contributed by atoms with van der Waals surface area (Å²) in [7, 11) is -3.21. The molecule has 20 heavy (non-hydrogen) atoms. The van der Waals surface area contributed by atoms with Gasteiger partial charge >= 0.3 is 0 Å². The van der Waals surface area contributed by atoms with Gasteiger partial charge in [-0.25, -0.2) is 8.42 Å². The van der Waals surface area contributed by atoms with Crippen molar-refractivity contribution in [2.75, 3.05) is 11.1 Å². The first kappa shape index (κ1) is 14.3. The number of carbonyl (C=O) groups is 1. The summed E-state index contributed by atoms with van der Waals surface area (Å²) in [5, 5.41) is 2.72. The van der Waals surface area contributed by atoms with E-state index in [1.165, 1.54) is 12.1 Å². The van der Waals surface area contributed by atoms with Gasteiger partial charge in [0.25, 0.3) is 5.91 Å². The molecule has 2 rings (SSSR count). The van der Waals surface area contributed by atoms with Crippen LogP contribution in [-0.2, 0) is 9.84 Å². The highest BCUT2D eigenvalue weighted by atomic mass is 32.2. The first-order valence-electron chi connectivity index (χ1n) is 6.22. The molecule has 0 atom stereocenters. The van der Waals surface area contributed by atoms with E-state index in [9.17, 15) is 13.2 Å². The third-order valence-electron chi connectivity index (χ3n) is 2.89. The second-order valence-electron chi connectivity index (χ2n) is 4.25. The standard InChI is InChI=1S/C15H15NO3S/c1-2-20(18,19)14-10-8-13(9-11-14)16-15(17)12-6-4-3-5-7-12/h3-11H,2H2,1H3,(H,16,17). The lowest BCUT2D eigenvalue weighted by Gasteiger charge is -2.06. The maximum Gasteiger partial charge on any atom is 0.255 e. The van der Waals surface area contributed by atoms with Crippen LogP contribution in [0.2, 0.25) is 0 Å². The summed E-state index contributed by atoms with van der Waals surface area (Å²) >= 11 is 0. The van der Waals surface area contributed by atoms with Gasteiger partial charge in [-0.1, -0.05) is 25.1 Å². The van der Waals surface area contributed by atoms with Crippen LogP contribution in [0.15, 0.2) is 59.5 Å². The Hall–Kier alpha value is -2.14. The Balaban J connectivity index is 2.14. The molecule has 104 valence electrons. The van der Waals surface area contributed by atoms with Gasteiger partial charge < -0.3 is 5.32 Å². The van der Waals surface area contributed by atoms with Gasteiger partial charge in [-0.3, -0.25) is 4.79 Å². The van der Waals surface area contributed by atoms with Crippen LogP contribution in [0.1, 0.15) is 17.3 Å². The van der Waals surface area contributed by atoms with Crippen LogP contribution in [0.5, 0.6) is 0 Å². The van der Waals surface area contributed by atoms with Crippen molar-refractivity contribution in [3.63, 3.8) is 0 Å². The molecule has 0 spiro atoms. The van der Waals surface area contributed by atoms with E-state index in [4.69, 9.17) is 0 Å². The fourth-order valence-electron chi connectivity index (χ4n) is 1.71. The topological polar surface area (TPSA) is 63.2 Å². The first-order valence-corrected chi connectivity index (χ1v) is 7.87. The van der Waals surface area contributed by atoms with E-state index >= 15 is 0 Å². The number of sulfone groups is 1. The molecule has 0 aliphatic heterocycles. The second-order valence-corrected chi connectivity index (χ2v) is 6.53. The van der Waals surface area contributed by atoms with Crippen LogP contribution in [-0.4, -0.2) is 20.1 Å². The van der Waals surface area contributed by atoms with Gasteiger partial charge in [0.1, 0.15) is 0 Å². The average molecular weight is 289 g/mol. The molecule has 0 aliphatic rings. The minimum absolute atomic E-state index is 0.0583. The lowest BCUT2D eigenvalue weighted by Crippen LogP contribution is -2.11. The maximum absolute atomic E-state index is 11.9. The fraction of sp³-hybridized carbons (Fsp3) is 0.133. The van der Waals surface area contributed by atoms with Crippen LogP contribution in [0.4, 0.5) is 5.69 Å². The quantitative estimate of drug-likeness (QED) is 0.941. The normalized spacial score (nSPS) is 11.1. The summed E-state index contributed by atoms with van der Waals surface area (Å²) in [5.41, 5.74) is 1.12. The first-order chi connectivity index (χ1) is 9.53. The van der Waals surface area contributed by atoms with Crippen molar-refractivity contribution >= 4 is 21.4 Å². The largest absolute Gasteiger partial charge is 0.322 e. The highest BCUT2D eigenvalue weighted by molar-refractivity contribution is 7.91. The number of carbonyl (C=O) groups excluding carboxylic acids is 1. The highest BCUT2D eigenvalue weighted by Crippen LogP contribution is 2.16. The molecule has 0 heterocycles. The molecule has 5 heteroatoms. The molecule has 4 nitrogen and oxygen atoms in total. The number of hydrogen-bond acceptors (Lipinski definition) is 3. The lowest BCUT2D eigenvalue weighted by molar-refractivity contribution is 0.102. The Kier molecular flexibility index (Phi) is 4.20. The summed E-state index contributed by atoms with van der Waals surface area (Å²) in [6.45, 7) is 1.60. The summed E-state index contributed by atoms with van der Waals surface area (Å²) < 4.78 is 23.3. The van der Waals surface area contributed by atoms with Gasteiger partial charge in [0.15, 0.2) is 9.84 Å². The van der Waals surface area contributed by atoms with E-state index in [0.29, 0.717) is 11.3 Å². The minimum Gasteiger partial charge on any atom is -0.322 e. The summed E-state index contributed by atoms with van der Waals surface area (Å²) in [6.07, 6.45) is 0. The average Bonchev–Trinajstić information content (AvgIpc) is 2.48. The van der Waals surface area contributed by atoms with Crippen LogP contribution in [0.25, 0.3) is 0 Å². The summed E-state index contributed by atoms with van der Waals surface area (Å²) in [4.78, 5) is 12.2. The molecule has 0 aromatic heterocycles. The van der Waals surface area contributed by atoms with Crippen LogP contribution >= 0.6 is 0 Å². The van der Waals surface area contributed by atoms with Gasteiger partial charge in [0, 0.05) is 11.3 Å². The SMILES string of the molecule is CCS(=O)(=O)c1ccc(NC(=O)c2ccccc2)cc1. The predicted molar refractivity (Wildman–Crippen MR) is 78.6 cm³/mol. The molecular weight excluding hydrogens is 274 g/mol. The van der Waals surface area contributed by atoms with Crippen molar-refractivity contribution < 1.29 is 13.2 Å². The van der Waals surface area contributed by atoms with Crippen molar-refractivity contribution in [3.8, 4) is 0 Å². The number of anilines is 1. The number of hydrogen-bond donors (Lipinski definition) is 1. The smallest absolute Gasteiger partial charge is 0.255 e. The monoisotopic (exact) mass is 289 g/mol. The van der Waals surface area contributed by atoms with E-state index in [0.717, 1.165) is 0 Å². The Morgan fingerprint density at radius 1 is 1.00 bits per heavy atom. The van der Waals surface area contributed by atoms with Crippen molar-refractivity contribution in [1.82, 2.24) is 0 Å². The van der Waals surface area contributed by atoms with Gasteiger partial charge in [-0.15, -0.1) is 0 Å². The molecule has 0 saturated carbocycles. The molecule has 0 aliphatic carbocycles. The Bertz CT molecular complexity index is 692. The molecule has 2 aromatic carbocycles. The van der Waals surface area contributed by atoms with Crippen molar-refractivity contribution in [2.24, 2.45) is 0 Å². The zero-order valence-electron chi connectivity index (χ0n) is 11.0. The molecule has 0 fully saturated rings. The van der Waals surface area contributed by atoms with Crippen LogP contribution in [0.3, 0.4) is 0 Å². The summed E-state index contributed by atoms with van der Waals surface area (Å²) in [5.74, 6) is -0.167. The molecule has 0 bridgehead atoms. The van der Waals surface area contributed by atoms with E-state index in [1.807, 2.05) is 6.07 Å². The zero-order valence-corrected chi connectivity index (χ0v) is 11.9. The Morgan fingerprint density at radius 2 is 1.60 bits per heavy atom. The Labute approximate surface area is 118 Å². The minimum atomic E-state index is -3.21. The third kappa shape index (κ3) is 3.24. The number of amides is 1. The van der Waals surface area contributed by atoms with Crippen molar-refractivity contribution in [2.45, 2.75) is 11.8 Å². The van der Waals surface area contributed by atoms with Gasteiger partial charge in [0.05, 0.1) is 10.6 Å². The molecule has 1 N–H and O–H groups in total. The fourth-order valence-corrected chi connectivity index (χ4v) is 2.59. The molecule has 2 aromatic rings. The van der Waals surface area contributed by atoms with E-state index in [1.54, 1.807) is 43.3 Å². The zero-order chi connectivity index (χ0) is 14.6. The summed E-state index contributed by atoms with van der Waals surface area (Å²) in [6, 6.07) is 15.0.